The molecule has 0 aliphatic carbocycles. The zero-order valence-electron chi connectivity index (χ0n) is 13.7. The summed E-state index contributed by atoms with van der Waals surface area (Å²) in [7, 11) is 0. The van der Waals surface area contributed by atoms with E-state index in [-0.39, 0.29) is 5.95 Å². The van der Waals surface area contributed by atoms with Crippen molar-refractivity contribution in [1.29, 1.82) is 0 Å². The van der Waals surface area contributed by atoms with Gasteiger partial charge < -0.3 is 15.8 Å². The van der Waals surface area contributed by atoms with Crippen LogP contribution in [0.15, 0.2) is 24.4 Å². The summed E-state index contributed by atoms with van der Waals surface area (Å²) in [5, 5.41) is 4.38. The molecule has 0 saturated heterocycles. The number of rotatable bonds is 9. The van der Waals surface area contributed by atoms with Gasteiger partial charge in [-0.05, 0) is 37.0 Å². The van der Waals surface area contributed by atoms with E-state index in [0.29, 0.717) is 28.2 Å². The molecule has 7 heteroatoms. The zero-order chi connectivity index (χ0) is 17.4. The lowest BCUT2D eigenvalue weighted by atomic mass is 10.1. The molecule has 1 aromatic heterocycles. The molecule has 0 fully saturated rings. The van der Waals surface area contributed by atoms with Crippen molar-refractivity contribution < 1.29 is 4.74 Å². The fourth-order valence-electron chi connectivity index (χ4n) is 2.15. The van der Waals surface area contributed by atoms with Crippen LogP contribution < -0.4 is 15.8 Å². The second-order valence-electron chi connectivity index (χ2n) is 5.42. The SMILES string of the molecule is CCCCNc1nc(N)ncc1OCCCc1ccc(Cl)c(Cl)c1. The predicted molar refractivity (Wildman–Crippen MR) is 100 cm³/mol. The second kappa shape index (κ2) is 9.55. The van der Waals surface area contributed by atoms with Crippen LogP contribution in [0.4, 0.5) is 11.8 Å². The zero-order valence-corrected chi connectivity index (χ0v) is 15.2. The molecule has 0 radical (unpaired) electrons. The summed E-state index contributed by atoms with van der Waals surface area (Å²) in [5.74, 6) is 1.50. The number of nitrogens with one attached hydrogen (secondary N) is 1. The number of hydrogen-bond acceptors (Lipinski definition) is 5. The van der Waals surface area contributed by atoms with Crippen molar-refractivity contribution in [1.82, 2.24) is 9.97 Å². The maximum absolute atomic E-state index is 6.02. The summed E-state index contributed by atoms with van der Waals surface area (Å²) in [6, 6.07) is 5.66. The minimum Gasteiger partial charge on any atom is -0.488 e. The van der Waals surface area contributed by atoms with E-state index in [1.54, 1.807) is 6.20 Å². The molecule has 0 aliphatic heterocycles. The van der Waals surface area contributed by atoms with Crippen LogP contribution in [0, 0.1) is 0 Å². The first-order valence-corrected chi connectivity index (χ1v) is 8.79. The maximum Gasteiger partial charge on any atom is 0.222 e. The summed E-state index contributed by atoms with van der Waals surface area (Å²) in [4.78, 5) is 8.20. The smallest absolute Gasteiger partial charge is 0.222 e. The van der Waals surface area contributed by atoms with Crippen LogP contribution in [0.5, 0.6) is 5.75 Å². The number of unbranched alkanes of at least 4 members (excludes halogenated alkanes) is 1. The molecule has 0 spiro atoms. The van der Waals surface area contributed by atoms with Crippen molar-refractivity contribution in [2.45, 2.75) is 32.6 Å². The molecule has 0 unspecified atom stereocenters. The van der Waals surface area contributed by atoms with Crippen LogP contribution in [0.2, 0.25) is 10.0 Å². The van der Waals surface area contributed by atoms with E-state index in [4.69, 9.17) is 33.7 Å². The van der Waals surface area contributed by atoms with Crippen LogP contribution in [-0.4, -0.2) is 23.1 Å². The molecule has 0 atom stereocenters. The fourth-order valence-corrected chi connectivity index (χ4v) is 2.47. The van der Waals surface area contributed by atoms with Gasteiger partial charge in [0.25, 0.3) is 0 Å². The molecule has 24 heavy (non-hydrogen) atoms. The van der Waals surface area contributed by atoms with Crippen LogP contribution in [0.25, 0.3) is 0 Å². The van der Waals surface area contributed by atoms with Crippen LogP contribution in [-0.2, 0) is 6.42 Å². The Kier molecular flexibility index (Phi) is 7.40. The van der Waals surface area contributed by atoms with Crippen molar-refractivity contribution >= 4 is 35.0 Å². The van der Waals surface area contributed by atoms with E-state index in [0.717, 1.165) is 37.8 Å². The number of aromatic nitrogens is 2. The van der Waals surface area contributed by atoms with Gasteiger partial charge >= 0.3 is 0 Å². The monoisotopic (exact) mass is 368 g/mol. The standard InChI is InChI=1S/C17H22Cl2N4O/c1-2-3-8-21-16-15(11-22-17(20)23-16)24-9-4-5-12-6-7-13(18)14(19)10-12/h6-7,10-11H,2-5,8-9H2,1H3,(H3,20,21,22,23). The van der Waals surface area contributed by atoms with E-state index >= 15 is 0 Å². The topological polar surface area (TPSA) is 73.1 Å². The summed E-state index contributed by atoms with van der Waals surface area (Å²) in [5.41, 5.74) is 6.78. The summed E-state index contributed by atoms with van der Waals surface area (Å²) in [6.07, 6.45) is 5.46. The predicted octanol–water partition coefficient (Wildman–Crippen LogP) is 4.59. The number of aryl methyl sites for hydroxylation is 1. The number of anilines is 2. The number of nitrogen functional groups attached to an aromatic ring is 1. The molecule has 3 N–H and O–H groups in total. The Balaban J connectivity index is 1.85. The lowest BCUT2D eigenvalue weighted by Crippen LogP contribution is -2.09. The van der Waals surface area contributed by atoms with Crippen molar-refractivity contribution in [3.05, 3.63) is 40.0 Å². The highest BCUT2D eigenvalue weighted by Gasteiger charge is 2.07. The average Bonchev–Trinajstić information content (AvgIpc) is 2.56. The fraction of sp³-hybridized carbons (Fsp3) is 0.412. The summed E-state index contributed by atoms with van der Waals surface area (Å²) >= 11 is 11.9. The Morgan fingerprint density at radius 3 is 2.79 bits per heavy atom. The first-order valence-electron chi connectivity index (χ1n) is 8.03. The highest BCUT2D eigenvalue weighted by Crippen LogP contribution is 2.24. The number of halogens is 2. The molecule has 1 heterocycles. The van der Waals surface area contributed by atoms with E-state index in [1.165, 1.54) is 0 Å². The van der Waals surface area contributed by atoms with E-state index < -0.39 is 0 Å². The number of benzene rings is 1. The molecule has 1 aromatic carbocycles. The highest BCUT2D eigenvalue weighted by molar-refractivity contribution is 6.42. The highest BCUT2D eigenvalue weighted by atomic mass is 35.5. The van der Waals surface area contributed by atoms with E-state index in [9.17, 15) is 0 Å². The van der Waals surface area contributed by atoms with Gasteiger partial charge in [-0.25, -0.2) is 4.98 Å². The van der Waals surface area contributed by atoms with Crippen molar-refractivity contribution in [3.63, 3.8) is 0 Å². The average molecular weight is 369 g/mol. The number of hydrogen-bond donors (Lipinski definition) is 2. The normalized spacial score (nSPS) is 10.6. The third kappa shape index (κ3) is 5.73. The van der Waals surface area contributed by atoms with Crippen molar-refractivity contribution in [2.75, 3.05) is 24.2 Å². The minimum atomic E-state index is 0.233. The molecule has 0 bridgehead atoms. The van der Waals surface area contributed by atoms with Gasteiger partial charge in [0.05, 0.1) is 22.8 Å². The summed E-state index contributed by atoms with van der Waals surface area (Å²) in [6.45, 7) is 3.51. The Morgan fingerprint density at radius 1 is 1.21 bits per heavy atom. The largest absolute Gasteiger partial charge is 0.488 e. The van der Waals surface area contributed by atoms with Crippen molar-refractivity contribution in [3.8, 4) is 5.75 Å². The Bertz CT molecular complexity index is 667. The van der Waals surface area contributed by atoms with Crippen LogP contribution in [0.3, 0.4) is 0 Å². The van der Waals surface area contributed by atoms with Gasteiger partial charge in [0, 0.05) is 6.54 Å². The quantitative estimate of drug-likeness (QED) is 0.633. The van der Waals surface area contributed by atoms with Gasteiger partial charge in [-0.2, -0.15) is 4.98 Å². The van der Waals surface area contributed by atoms with Gasteiger partial charge in [-0.3, -0.25) is 0 Å². The van der Waals surface area contributed by atoms with Crippen molar-refractivity contribution in [2.24, 2.45) is 0 Å². The second-order valence-corrected chi connectivity index (χ2v) is 6.24. The van der Waals surface area contributed by atoms with Gasteiger partial charge in [-0.15, -0.1) is 0 Å². The first kappa shape index (κ1) is 18.6. The third-order valence-corrected chi connectivity index (χ3v) is 4.19. The Labute approximate surface area is 152 Å². The number of nitrogens with two attached hydrogens (primary N) is 1. The molecule has 0 amide bonds. The van der Waals surface area contributed by atoms with Gasteiger partial charge in [0.1, 0.15) is 0 Å². The summed E-state index contributed by atoms with van der Waals surface area (Å²) < 4.78 is 5.80. The molecule has 0 aliphatic rings. The van der Waals surface area contributed by atoms with E-state index in [2.05, 4.69) is 22.2 Å². The molecule has 5 nitrogen and oxygen atoms in total. The maximum atomic E-state index is 6.02. The lowest BCUT2D eigenvalue weighted by Gasteiger charge is -2.12. The molecule has 130 valence electrons. The Morgan fingerprint density at radius 2 is 2.04 bits per heavy atom. The Hall–Kier alpha value is -1.72. The van der Waals surface area contributed by atoms with Crippen LogP contribution >= 0.6 is 23.2 Å². The molecule has 2 aromatic rings. The third-order valence-electron chi connectivity index (χ3n) is 3.45. The molecular formula is C17H22Cl2N4O. The van der Waals surface area contributed by atoms with Gasteiger partial charge in [-0.1, -0.05) is 42.6 Å². The van der Waals surface area contributed by atoms with Gasteiger partial charge in [0.15, 0.2) is 11.6 Å². The first-order chi connectivity index (χ1) is 11.6. The molecule has 0 saturated carbocycles. The van der Waals surface area contributed by atoms with Gasteiger partial charge in [0.2, 0.25) is 5.95 Å². The van der Waals surface area contributed by atoms with Crippen LogP contribution in [0.1, 0.15) is 31.7 Å². The molecular weight excluding hydrogens is 347 g/mol. The molecule has 2 rings (SSSR count). The van der Waals surface area contributed by atoms with E-state index in [1.807, 2.05) is 18.2 Å². The minimum absolute atomic E-state index is 0.233. The number of nitrogens with zero attached hydrogens (tertiary/aromatic N) is 2. The lowest BCUT2D eigenvalue weighted by molar-refractivity contribution is 0.310. The number of ether oxygens (including phenoxy) is 1.